The summed E-state index contributed by atoms with van der Waals surface area (Å²) >= 11 is 0. The van der Waals surface area contributed by atoms with Crippen molar-refractivity contribution in [3.05, 3.63) is 35.9 Å². The zero-order chi connectivity index (χ0) is 14.9. The van der Waals surface area contributed by atoms with Gasteiger partial charge in [-0.2, -0.15) is 0 Å². The van der Waals surface area contributed by atoms with E-state index in [1.807, 2.05) is 30.3 Å². The first-order chi connectivity index (χ1) is 10.3. The van der Waals surface area contributed by atoms with Gasteiger partial charge >= 0.3 is 5.97 Å². The van der Waals surface area contributed by atoms with Gasteiger partial charge in [-0.3, -0.25) is 4.79 Å². The minimum atomic E-state index is -0.207. The molecule has 0 heterocycles. The fraction of sp³-hybridized carbons (Fsp3) is 0.611. The van der Waals surface area contributed by atoms with Crippen molar-refractivity contribution >= 4 is 5.97 Å². The van der Waals surface area contributed by atoms with Gasteiger partial charge in [0.25, 0.3) is 0 Å². The molecule has 0 radical (unpaired) electrons. The Morgan fingerprint density at radius 2 is 1.76 bits per heavy atom. The van der Waals surface area contributed by atoms with Crippen molar-refractivity contribution in [3.8, 4) is 0 Å². The normalized spacial score (nSPS) is 18.5. The van der Waals surface area contributed by atoms with Crippen molar-refractivity contribution < 1.29 is 9.53 Å². The molecule has 2 rings (SSSR count). The number of rotatable bonds is 5. The number of carbonyl (C=O) groups excluding carboxylic acids is 1. The van der Waals surface area contributed by atoms with E-state index in [1.54, 1.807) is 0 Å². The summed E-state index contributed by atoms with van der Waals surface area (Å²) in [6.45, 7) is 0.668. The van der Waals surface area contributed by atoms with Crippen LogP contribution in [0.2, 0.25) is 0 Å². The molecule has 3 nitrogen and oxygen atoms in total. The molecule has 1 aromatic carbocycles. The van der Waals surface area contributed by atoms with E-state index >= 15 is 0 Å². The molecule has 1 fully saturated rings. The van der Waals surface area contributed by atoms with E-state index in [1.165, 1.54) is 52.1 Å². The van der Waals surface area contributed by atoms with Crippen molar-refractivity contribution in [2.24, 2.45) is 0 Å². The maximum absolute atomic E-state index is 12.0. The molecule has 1 unspecified atom stereocenters. The highest BCUT2D eigenvalue weighted by Gasteiger charge is 2.22. The number of esters is 1. The Balaban J connectivity index is 1.93. The largest absolute Gasteiger partial charge is 0.469 e. The number of hydrogen-bond acceptors (Lipinski definition) is 3. The molecule has 3 heteroatoms. The molecule has 1 saturated carbocycles. The fourth-order valence-electron chi connectivity index (χ4n) is 3.11. The summed E-state index contributed by atoms with van der Waals surface area (Å²) in [4.78, 5) is 12.0. The number of carbonyl (C=O) groups is 1. The summed E-state index contributed by atoms with van der Waals surface area (Å²) < 4.78 is 4.97. The lowest BCUT2D eigenvalue weighted by Crippen LogP contribution is -2.35. The first-order valence-corrected chi connectivity index (χ1v) is 8.17. The Labute approximate surface area is 128 Å². The molecule has 1 N–H and O–H groups in total. The first-order valence-electron chi connectivity index (χ1n) is 8.17. The van der Waals surface area contributed by atoms with Gasteiger partial charge in [0.15, 0.2) is 0 Å². The highest BCUT2D eigenvalue weighted by atomic mass is 16.5. The van der Waals surface area contributed by atoms with Crippen LogP contribution in [-0.2, 0) is 9.53 Å². The molecule has 116 valence electrons. The zero-order valence-electron chi connectivity index (χ0n) is 13.0. The van der Waals surface area contributed by atoms with Crippen LogP contribution in [0.25, 0.3) is 0 Å². The Morgan fingerprint density at radius 3 is 2.38 bits per heavy atom. The molecule has 1 aliphatic carbocycles. The summed E-state index contributed by atoms with van der Waals surface area (Å²) in [5.41, 5.74) is 1.03. The quantitative estimate of drug-likeness (QED) is 0.841. The lowest BCUT2D eigenvalue weighted by molar-refractivity contribution is -0.142. The van der Waals surface area contributed by atoms with E-state index in [2.05, 4.69) is 5.32 Å². The average Bonchev–Trinajstić information content (AvgIpc) is 2.50. The average molecular weight is 289 g/mol. The van der Waals surface area contributed by atoms with Crippen LogP contribution in [-0.4, -0.2) is 25.7 Å². The van der Waals surface area contributed by atoms with E-state index in [4.69, 9.17) is 4.74 Å². The number of hydrogen-bond donors (Lipinski definition) is 1. The molecule has 0 aromatic heterocycles. The minimum absolute atomic E-state index is 0.153. The molecule has 0 aliphatic heterocycles. The van der Waals surface area contributed by atoms with Crippen LogP contribution in [0, 0.1) is 0 Å². The maximum Gasteiger partial charge on any atom is 0.314 e. The van der Waals surface area contributed by atoms with Crippen molar-refractivity contribution in [3.63, 3.8) is 0 Å². The van der Waals surface area contributed by atoms with Crippen LogP contribution in [0.15, 0.2) is 30.3 Å². The molecular weight excluding hydrogens is 262 g/mol. The second kappa shape index (κ2) is 8.83. The van der Waals surface area contributed by atoms with Crippen LogP contribution in [0.1, 0.15) is 56.4 Å². The highest BCUT2D eigenvalue weighted by Crippen LogP contribution is 2.20. The van der Waals surface area contributed by atoms with Gasteiger partial charge in [-0.15, -0.1) is 0 Å². The van der Waals surface area contributed by atoms with Crippen molar-refractivity contribution in [1.82, 2.24) is 5.32 Å². The molecule has 1 aliphatic rings. The molecule has 21 heavy (non-hydrogen) atoms. The molecule has 0 bridgehead atoms. The van der Waals surface area contributed by atoms with Gasteiger partial charge in [0.1, 0.15) is 0 Å². The molecule has 1 aromatic rings. The number of nitrogens with one attached hydrogen (secondary N) is 1. The molecule has 0 saturated heterocycles. The number of ether oxygens (including phenoxy) is 1. The van der Waals surface area contributed by atoms with Crippen LogP contribution in [0.5, 0.6) is 0 Å². The standard InChI is InChI=1S/C18H27NO2/c1-21-18(20)17(15-10-6-5-7-11-15)14-19-16-12-8-3-2-4-9-13-16/h5-7,10-11,16-17,19H,2-4,8-9,12-14H2,1H3. The summed E-state index contributed by atoms with van der Waals surface area (Å²) in [6.07, 6.45) is 9.11. The van der Waals surface area contributed by atoms with Crippen LogP contribution in [0.4, 0.5) is 0 Å². The third-order valence-electron chi connectivity index (χ3n) is 4.40. The van der Waals surface area contributed by atoms with E-state index < -0.39 is 0 Å². The van der Waals surface area contributed by atoms with E-state index in [0.717, 1.165) is 5.56 Å². The van der Waals surface area contributed by atoms with Gasteiger partial charge in [-0.1, -0.05) is 62.4 Å². The summed E-state index contributed by atoms with van der Waals surface area (Å²) in [6, 6.07) is 10.5. The summed E-state index contributed by atoms with van der Waals surface area (Å²) in [7, 11) is 1.47. The predicted octanol–water partition coefficient (Wildman–Crippen LogP) is 3.65. The van der Waals surface area contributed by atoms with Crippen molar-refractivity contribution in [2.75, 3.05) is 13.7 Å². The Hall–Kier alpha value is -1.35. The zero-order valence-corrected chi connectivity index (χ0v) is 13.0. The molecule has 1 atom stereocenters. The van der Waals surface area contributed by atoms with Gasteiger partial charge in [0.05, 0.1) is 13.0 Å². The number of methoxy groups -OCH3 is 1. The summed E-state index contributed by atoms with van der Waals surface area (Å²) in [5.74, 6) is -0.360. The second-order valence-corrected chi connectivity index (χ2v) is 5.94. The van der Waals surface area contributed by atoms with Crippen LogP contribution in [0.3, 0.4) is 0 Å². The first kappa shape index (κ1) is 16.0. The monoisotopic (exact) mass is 289 g/mol. The molecular formula is C18H27NO2. The third kappa shape index (κ3) is 5.16. The Bertz CT molecular complexity index is 410. The highest BCUT2D eigenvalue weighted by molar-refractivity contribution is 5.78. The van der Waals surface area contributed by atoms with Crippen molar-refractivity contribution in [1.29, 1.82) is 0 Å². The Morgan fingerprint density at radius 1 is 1.14 bits per heavy atom. The summed E-state index contributed by atoms with van der Waals surface area (Å²) in [5, 5.41) is 3.60. The minimum Gasteiger partial charge on any atom is -0.469 e. The molecule has 0 spiro atoms. The van der Waals surface area contributed by atoms with E-state index in [0.29, 0.717) is 12.6 Å². The van der Waals surface area contributed by atoms with Gasteiger partial charge in [0.2, 0.25) is 0 Å². The Kier molecular flexibility index (Phi) is 6.74. The lowest BCUT2D eigenvalue weighted by atomic mass is 9.95. The van der Waals surface area contributed by atoms with Crippen LogP contribution < -0.4 is 5.32 Å². The van der Waals surface area contributed by atoms with Gasteiger partial charge in [-0.05, 0) is 18.4 Å². The maximum atomic E-state index is 12.0. The van der Waals surface area contributed by atoms with Crippen molar-refractivity contribution in [2.45, 2.75) is 56.9 Å². The predicted molar refractivity (Wildman–Crippen MR) is 85.3 cm³/mol. The number of benzene rings is 1. The fourth-order valence-corrected chi connectivity index (χ4v) is 3.11. The van der Waals surface area contributed by atoms with Gasteiger partial charge in [0, 0.05) is 12.6 Å². The second-order valence-electron chi connectivity index (χ2n) is 5.94. The van der Waals surface area contributed by atoms with E-state index in [9.17, 15) is 4.79 Å². The lowest BCUT2D eigenvalue weighted by Gasteiger charge is -2.24. The topological polar surface area (TPSA) is 38.3 Å². The third-order valence-corrected chi connectivity index (χ3v) is 4.40. The van der Waals surface area contributed by atoms with Gasteiger partial charge in [-0.25, -0.2) is 0 Å². The van der Waals surface area contributed by atoms with Crippen LogP contribution >= 0.6 is 0 Å². The molecule has 0 amide bonds. The van der Waals surface area contributed by atoms with Gasteiger partial charge < -0.3 is 10.1 Å². The van der Waals surface area contributed by atoms with E-state index in [-0.39, 0.29) is 11.9 Å². The SMILES string of the molecule is COC(=O)C(CNC1CCCCCCC1)c1ccccc1. The smallest absolute Gasteiger partial charge is 0.314 e.